The molecule has 2 aliphatic rings. The van der Waals surface area contributed by atoms with Crippen molar-refractivity contribution >= 4 is 40.5 Å². The molecule has 0 radical (unpaired) electrons. The van der Waals surface area contributed by atoms with Crippen LogP contribution in [-0.4, -0.2) is 65.0 Å². The van der Waals surface area contributed by atoms with Crippen molar-refractivity contribution in [2.45, 2.75) is 70.1 Å². The number of ether oxygens (including phenoxy) is 1. The molecule has 3 heterocycles. The van der Waals surface area contributed by atoms with Gasteiger partial charge in [0.05, 0.1) is 18.7 Å². The average molecular weight is 505 g/mol. The van der Waals surface area contributed by atoms with Crippen molar-refractivity contribution in [3.8, 4) is 11.3 Å². The van der Waals surface area contributed by atoms with Crippen LogP contribution in [0.5, 0.6) is 0 Å². The summed E-state index contributed by atoms with van der Waals surface area (Å²) in [5, 5.41) is 12.6. The van der Waals surface area contributed by atoms with E-state index in [1.54, 1.807) is 16.2 Å². The van der Waals surface area contributed by atoms with Gasteiger partial charge in [-0.05, 0) is 57.9 Å². The molecule has 1 saturated heterocycles. The van der Waals surface area contributed by atoms with Crippen LogP contribution in [0, 0.1) is 5.92 Å². The number of aromatic nitrogens is 1. The lowest BCUT2D eigenvalue weighted by molar-refractivity contribution is -0.151. The lowest BCUT2D eigenvalue weighted by atomic mass is 9.80. The maximum Gasteiger partial charge on any atom is 0.310 e. The summed E-state index contributed by atoms with van der Waals surface area (Å²) in [4.78, 5) is 44.9. The highest BCUT2D eigenvalue weighted by molar-refractivity contribution is 7.12. The molecule has 8 nitrogen and oxygen atoms in total. The predicted molar refractivity (Wildman–Crippen MR) is 133 cm³/mol. The van der Waals surface area contributed by atoms with E-state index in [1.165, 1.54) is 18.4 Å². The van der Waals surface area contributed by atoms with Crippen molar-refractivity contribution in [1.29, 1.82) is 0 Å². The van der Waals surface area contributed by atoms with Crippen LogP contribution in [0.1, 0.15) is 56.3 Å². The van der Waals surface area contributed by atoms with Gasteiger partial charge < -0.3 is 20.3 Å². The zero-order valence-corrected chi connectivity index (χ0v) is 21.6. The number of nitrogens with zero attached hydrogens (tertiary/aromatic N) is 2. The minimum absolute atomic E-state index is 0.0594. The molecular formula is C24H32N4O4S2. The molecule has 2 N–H and O–H groups in total. The van der Waals surface area contributed by atoms with E-state index in [4.69, 9.17) is 4.74 Å². The molecule has 2 fully saturated rings. The molecule has 10 heteroatoms. The van der Waals surface area contributed by atoms with Crippen LogP contribution in [0.25, 0.3) is 11.3 Å². The highest BCUT2D eigenvalue weighted by Gasteiger charge is 2.45. The monoisotopic (exact) mass is 504 g/mol. The molecule has 2 aromatic heterocycles. The minimum atomic E-state index is -0.607. The van der Waals surface area contributed by atoms with Gasteiger partial charge in [0.15, 0.2) is 5.01 Å². The topological polar surface area (TPSA) is 101 Å². The summed E-state index contributed by atoms with van der Waals surface area (Å²) in [6.07, 6.45) is 2.73. The normalized spacial score (nSPS) is 25.4. The number of hydrogen-bond donors (Lipinski definition) is 2. The molecule has 2 aromatic rings. The zero-order valence-electron chi connectivity index (χ0n) is 20.0. The number of carbonyl (C=O) groups is 3. The highest BCUT2D eigenvalue weighted by Crippen LogP contribution is 2.33. The second-order valence-electron chi connectivity index (χ2n) is 10.00. The number of esters is 1. The van der Waals surface area contributed by atoms with E-state index in [0.29, 0.717) is 24.4 Å². The lowest BCUT2D eigenvalue weighted by Gasteiger charge is -2.41. The number of carbonyl (C=O) groups excluding carboxylic acids is 3. The third kappa shape index (κ3) is 5.50. The Bertz CT molecular complexity index is 1030. The fraction of sp³-hybridized carbons (Fsp3) is 0.583. The Morgan fingerprint density at radius 1 is 1.21 bits per heavy atom. The fourth-order valence-electron chi connectivity index (χ4n) is 4.98. The molecule has 0 aromatic carbocycles. The number of thiophene rings is 1. The first-order chi connectivity index (χ1) is 16.2. The van der Waals surface area contributed by atoms with E-state index in [9.17, 15) is 14.4 Å². The van der Waals surface area contributed by atoms with Gasteiger partial charge in [0.25, 0.3) is 5.91 Å². The summed E-state index contributed by atoms with van der Waals surface area (Å²) in [7, 11) is 1.40. The molecule has 184 valence electrons. The number of nitrogens with one attached hydrogen (secondary N) is 2. The van der Waals surface area contributed by atoms with Crippen LogP contribution in [0.4, 0.5) is 0 Å². The molecule has 1 aliphatic carbocycles. The maximum absolute atomic E-state index is 13.3. The largest absolute Gasteiger partial charge is 0.469 e. The van der Waals surface area contributed by atoms with Crippen LogP contribution >= 0.6 is 22.7 Å². The third-order valence-corrected chi connectivity index (χ3v) is 7.94. The summed E-state index contributed by atoms with van der Waals surface area (Å²) in [6, 6.07) is 1.33. The van der Waals surface area contributed by atoms with Gasteiger partial charge in [-0.3, -0.25) is 14.4 Å². The molecule has 2 amide bonds. The summed E-state index contributed by atoms with van der Waals surface area (Å²) in [5.74, 6) is -1.14. The van der Waals surface area contributed by atoms with Crippen LogP contribution in [0.3, 0.4) is 0 Å². The van der Waals surface area contributed by atoms with Gasteiger partial charge in [-0.25, -0.2) is 4.98 Å². The van der Waals surface area contributed by atoms with E-state index < -0.39 is 6.04 Å². The number of methoxy groups -OCH3 is 1. The third-order valence-electron chi connectivity index (χ3n) is 6.42. The fourth-order valence-corrected chi connectivity index (χ4v) is 6.36. The van der Waals surface area contributed by atoms with E-state index in [1.807, 2.05) is 22.2 Å². The summed E-state index contributed by atoms with van der Waals surface area (Å²) < 4.78 is 5.09. The Morgan fingerprint density at radius 2 is 2.00 bits per heavy atom. The van der Waals surface area contributed by atoms with E-state index >= 15 is 0 Å². The first-order valence-electron chi connectivity index (χ1n) is 11.6. The van der Waals surface area contributed by atoms with Gasteiger partial charge in [0, 0.05) is 40.5 Å². The summed E-state index contributed by atoms with van der Waals surface area (Å²) in [5.41, 5.74) is 1.68. The van der Waals surface area contributed by atoms with Crippen LogP contribution < -0.4 is 10.6 Å². The number of hydrogen-bond acceptors (Lipinski definition) is 8. The van der Waals surface area contributed by atoms with Crippen molar-refractivity contribution in [3.05, 3.63) is 27.2 Å². The van der Waals surface area contributed by atoms with Gasteiger partial charge in [-0.2, -0.15) is 11.3 Å². The van der Waals surface area contributed by atoms with Crippen molar-refractivity contribution in [1.82, 2.24) is 20.5 Å². The first kappa shape index (κ1) is 24.8. The van der Waals surface area contributed by atoms with Crippen LogP contribution in [0.2, 0.25) is 0 Å². The minimum Gasteiger partial charge on any atom is -0.469 e. The lowest BCUT2D eigenvalue weighted by Crippen LogP contribution is -2.55. The summed E-state index contributed by atoms with van der Waals surface area (Å²) in [6.45, 7) is 6.83. The highest BCUT2D eigenvalue weighted by atomic mass is 32.1. The van der Waals surface area contributed by atoms with Gasteiger partial charge in [-0.15, -0.1) is 11.3 Å². The molecule has 4 atom stereocenters. The smallest absolute Gasteiger partial charge is 0.310 e. The van der Waals surface area contributed by atoms with E-state index in [0.717, 1.165) is 24.1 Å². The van der Waals surface area contributed by atoms with Gasteiger partial charge in [0.2, 0.25) is 5.91 Å². The molecule has 1 aliphatic heterocycles. The molecule has 4 rings (SSSR count). The van der Waals surface area contributed by atoms with Crippen LogP contribution in [-0.2, 0) is 14.3 Å². The van der Waals surface area contributed by atoms with Crippen molar-refractivity contribution in [3.63, 3.8) is 0 Å². The van der Waals surface area contributed by atoms with E-state index in [-0.39, 0.29) is 41.3 Å². The number of likely N-dealkylation sites (tertiary alicyclic amines) is 1. The molecule has 34 heavy (non-hydrogen) atoms. The van der Waals surface area contributed by atoms with Gasteiger partial charge in [-0.1, -0.05) is 0 Å². The molecule has 0 spiro atoms. The second-order valence-corrected chi connectivity index (χ2v) is 11.6. The van der Waals surface area contributed by atoms with E-state index in [2.05, 4.69) is 36.4 Å². The van der Waals surface area contributed by atoms with Crippen molar-refractivity contribution < 1.29 is 19.1 Å². The standard InChI is InChI=1S/C24H32N4O4S2/c1-24(2,3)27-15-5-6-19(16(11-15)23(31)32-4)28-9-7-17(22(28)30)25-20(29)21-26-18(13-34-21)14-8-10-33-12-14/h8,10,12-13,15-17,19,27H,5-7,9,11H2,1-4H3,(H,25,29)/t15-,16-,17+,19+/m1/s1. The molecule has 0 unspecified atom stereocenters. The Hall–Kier alpha value is -2.30. The zero-order chi connectivity index (χ0) is 24.5. The van der Waals surface area contributed by atoms with Crippen LogP contribution in [0.15, 0.2) is 22.2 Å². The Morgan fingerprint density at radius 3 is 2.68 bits per heavy atom. The quantitative estimate of drug-likeness (QED) is 0.586. The first-order valence-corrected chi connectivity index (χ1v) is 13.4. The number of amides is 2. The molecule has 0 bridgehead atoms. The SMILES string of the molecule is COC(=O)[C@@H]1C[C@H](NC(C)(C)C)CC[C@@H]1N1CC[C@H](NC(=O)c2nc(-c3ccsc3)cs2)C1=O. The number of thiazole rings is 1. The Labute approximate surface area is 208 Å². The Kier molecular flexibility index (Phi) is 7.39. The predicted octanol–water partition coefficient (Wildman–Crippen LogP) is 3.30. The molecule has 1 saturated carbocycles. The van der Waals surface area contributed by atoms with Crippen molar-refractivity contribution in [2.75, 3.05) is 13.7 Å². The van der Waals surface area contributed by atoms with Gasteiger partial charge >= 0.3 is 5.97 Å². The average Bonchev–Trinajstić information content (AvgIpc) is 3.54. The van der Waals surface area contributed by atoms with Crippen molar-refractivity contribution in [2.24, 2.45) is 5.92 Å². The number of rotatable bonds is 6. The van der Waals surface area contributed by atoms with Gasteiger partial charge in [0.1, 0.15) is 6.04 Å². The maximum atomic E-state index is 13.3. The second kappa shape index (κ2) is 10.1. The molecular weight excluding hydrogens is 472 g/mol. The summed E-state index contributed by atoms with van der Waals surface area (Å²) >= 11 is 2.85. The Balaban J connectivity index is 1.40.